The fraction of sp³-hybridized carbons (Fsp3) is 0.0154. The van der Waals surface area contributed by atoms with Crippen LogP contribution in [0, 0.1) is 0 Å². The Balaban J connectivity index is 0.000000110. The van der Waals surface area contributed by atoms with Crippen LogP contribution in [0.1, 0.15) is 7.43 Å². The van der Waals surface area contributed by atoms with E-state index in [0.29, 0.717) is 0 Å². The van der Waals surface area contributed by atoms with Gasteiger partial charge in [0.25, 0.3) is 0 Å². The van der Waals surface area contributed by atoms with Gasteiger partial charge in [-0.25, -0.2) is 0 Å². The van der Waals surface area contributed by atoms with Crippen LogP contribution in [-0.2, 0) is 0 Å². The molecule has 68 heavy (non-hydrogen) atoms. The number of nitrogens with one attached hydrogen (secondary N) is 1. The summed E-state index contributed by atoms with van der Waals surface area (Å²) in [6.45, 7) is 0. The summed E-state index contributed by atoms with van der Waals surface area (Å²) >= 11 is 3.64. The van der Waals surface area contributed by atoms with Crippen molar-refractivity contribution in [1.82, 2.24) is 9.55 Å². The van der Waals surface area contributed by atoms with E-state index in [0.717, 1.165) is 0 Å². The van der Waals surface area contributed by atoms with E-state index in [2.05, 4.69) is 256 Å². The van der Waals surface area contributed by atoms with Crippen LogP contribution in [0.5, 0.6) is 0 Å². The molecule has 0 radical (unpaired) electrons. The minimum atomic E-state index is 0. The molecule has 1 N–H and O–H groups in total. The molecule has 2 aliphatic rings. The molecule has 3 heteroatoms. The summed E-state index contributed by atoms with van der Waals surface area (Å²) in [7, 11) is 0. The Labute approximate surface area is 402 Å². The first-order valence-corrected chi connectivity index (χ1v) is 23.7. The number of aromatic nitrogens is 2. The molecule has 2 nitrogen and oxygen atoms in total. The van der Waals surface area contributed by atoms with E-state index in [1.54, 1.807) is 0 Å². The number of hydrogen-bond acceptors (Lipinski definition) is 0. The van der Waals surface area contributed by atoms with Crippen molar-refractivity contribution in [3.8, 4) is 50.2 Å². The normalized spacial score (nSPS) is 11.8. The van der Waals surface area contributed by atoms with Gasteiger partial charge in [0.15, 0.2) is 0 Å². The molecule has 0 spiro atoms. The van der Waals surface area contributed by atoms with Crippen LogP contribution in [0.15, 0.2) is 235 Å². The van der Waals surface area contributed by atoms with Crippen LogP contribution in [0.3, 0.4) is 0 Å². The third-order valence-corrected chi connectivity index (χ3v) is 14.9. The van der Waals surface area contributed by atoms with Crippen LogP contribution in [0.25, 0.3) is 137 Å². The maximum atomic E-state index is 3.64. The second-order valence-corrected chi connectivity index (χ2v) is 18.5. The fourth-order valence-corrected chi connectivity index (χ4v) is 11.8. The number of aromatic amines is 1. The minimum absolute atomic E-state index is 0. The molecule has 0 amide bonds. The molecule has 0 fully saturated rings. The highest BCUT2D eigenvalue weighted by Crippen LogP contribution is 2.50. The first kappa shape index (κ1) is 40.1. The predicted molar refractivity (Wildman–Crippen MR) is 296 cm³/mol. The van der Waals surface area contributed by atoms with Crippen molar-refractivity contribution in [2.24, 2.45) is 0 Å². The van der Waals surface area contributed by atoms with E-state index in [9.17, 15) is 0 Å². The number of halogens is 1. The van der Waals surface area contributed by atoms with E-state index in [1.807, 2.05) is 0 Å². The second kappa shape index (κ2) is 15.7. The molecular formula is C65H43BrN2. The molecule has 12 aromatic carbocycles. The lowest BCUT2D eigenvalue weighted by atomic mass is 10.0. The van der Waals surface area contributed by atoms with Crippen molar-refractivity contribution in [1.29, 1.82) is 0 Å². The molecule has 2 aliphatic carbocycles. The van der Waals surface area contributed by atoms with Gasteiger partial charge < -0.3 is 9.55 Å². The molecule has 0 saturated heterocycles. The Morgan fingerprint density at radius 1 is 0.309 bits per heavy atom. The number of fused-ring (bicyclic) bond motifs is 16. The molecule has 0 saturated carbocycles. The van der Waals surface area contributed by atoms with E-state index in [4.69, 9.17) is 0 Å². The SMILES string of the molecule is Brc1ccc2c3c(cccc13)-c1ccccc1-2.C.c1ccc2c(c1)-c1cccc3c(-n4c5ccccc5c5ccc6ccccc6c54)ccc-2c13.c1ccc2c(c1)ccc1c3ccccc3[nH]c21. The van der Waals surface area contributed by atoms with Crippen molar-refractivity contribution < 1.29 is 0 Å². The lowest BCUT2D eigenvalue weighted by Crippen LogP contribution is -1.96. The predicted octanol–water partition coefficient (Wildman–Crippen LogP) is 19.1. The van der Waals surface area contributed by atoms with Gasteiger partial charge in [-0.3, -0.25) is 0 Å². The number of rotatable bonds is 1. The molecule has 16 rings (SSSR count). The lowest BCUT2D eigenvalue weighted by Gasteiger charge is -2.14. The van der Waals surface area contributed by atoms with Crippen LogP contribution >= 0.6 is 15.9 Å². The highest BCUT2D eigenvalue weighted by molar-refractivity contribution is 9.10. The van der Waals surface area contributed by atoms with Crippen molar-refractivity contribution in [3.05, 3.63) is 235 Å². The maximum Gasteiger partial charge on any atom is 0.0619 e. The molecular weight excluding hydrogens is 889 g/mol. The third-order valence-electron chi connectivity index (χ3n) is 14.2. The summed E-state index contributed by atoms with van der Waals surface area (Å²) in [5, 5.41) is 15.7. The van der Waals surface area contributed by atoms with E-state index in [1.165, 1.54) is 141 Å². The maximum absolute atomic E-state index is 3.64. The van der Waals surface area contributed by atoms with E-state index >= 15 is 0 Å². The molecule has 0 atom stereocenters. The Bertz CT molecular complexity index is 4300. The van der Waals surface area contributed by atoms with Gasteiger partial charge in [0.2, 0.25) is 0 Å². The second-order valence-electron chi connectivity index (χ2n) is 17.7. The summed E-state index contributed by atoms with van der Waals surface area (Å²) in [5.41, 5.74) is 17.0. The Morgan fingerprint density at radius 3 is 1.47 bits per heavy atom. The smallest absolute Gasteiger partial charge is 0.0619 e. The molecule has 320 valence electrons. The van der Waals surface area contributed by atoms with Crippen LogP contribution in [0.2, 0.25) is 0 Å². The Kier molecular flexibility index (Phi) is 9.25. The van der Waals surface area contributed by atoms with Crippen LogP contribution < -0.4 is 0 Å². The molecule has 2 heterocycles. The lowest BCUT2D eigenvalue weighted by molar-refractivity contribution is 1.21. The van der Waals surface area contributed by atoms with Gasteiger partial charge >= 0.3 is 0 Å². The van der Waals surface area contributed by atoms with Crippen molar-refractivity contribution in [3.63, 3.8) is 0 Å². The minimum Gasteiger partial charge on any atom is -0.354 e. The van der Waals surface area contributed by atoms with Gasteiger partial charge in [-0.2, -0.15) is 0 Å². The largest absolute Gasteiger partial charge is 0.354 e. The van der Waals surface area contributed by atoms with Gasteiger partial charge in [-0.05, 0) is 95.7 Å². The standard InChI is InChI=1S/C32H19N.C16H9Br.C16H11N.CH4/c1-2-9-21-20(8-1)16-17-27-24-12-5-6-15-29(24)33(32(21)27)30-19-18-26-23-11-4-3-10-22(23)25-13-7-14-28(30)31(25)26;17-15-9-8-13-11-5-2-1-4-10(11)12-6-3-7-14(15)16(12)13;1-2-6-12-11(5-1)9-10-14-13-7-3-4-8-15(13)17-16(12)14;/h1-19H;1-9H;1-10,17H;1H4. The van der Waals surface area contributed by atoms with Gasteiger partial charge in [0.1, 0.15) is 0 Å². The number of hydrogen-bond donors (Lipinski definition) is 1. The van der Waals surface area contributed by atoms with Crippen molar-refractivity contribution >= 4 is 103 Å². The molecule has 0 aliphatic heterocycles. The van der Waals surface area contributed by atoms with Crippen molar-refractivity contribution in [2.45, 2.75) is 7.43 Å². The molecule has 2 aromatic heterocycles. The summed E-state index contributed by atoms with van der Waals surface area (Å²) < 4.78 is 3.66. The third kappa shape index (κ3) is 5.89. The fourth-order valence-electron chi connectivity index (χ4n) is 11.3. The van der Waals surface area contributed by atoms with Crippen molar-refractivity contribution in [2.75, 3.05) is 0 Å². The van der Waals surface area contributed by atoms with Crippen LogP contribution in [0.4, 0.5) is 0 Å². The zero-order valence-corrected chi connectivity index (χ0v) is 37.9. The number of nitrogens with zero attached hydrogens (tertiary/aromatic N) is 1. The molecule has 0 bridgehead atoms. The number of H-pyrrole nitrogens is 1. The average Bonchev–Trinajstić information content (AvgIpc) is 4.14. The highest BCUT2D eigenvalue weighted by atomic mass is 79.9. The quantitative estimate of drug-likeness (QED) is 0.169. The first-order valence-electron chi connectivity index (χ1n) is 23.0. The highest BCUT2D eigenvalue weighted by Gasteiger charge is 2.24. The summed E-state index contributed by atoms with van der Waals surface area (Å²) in [5.74, 6) is 0. The monoisotopic (exact) mass is 930 g/mol. The Hall–Kier alpha value is -8.24. The summed E-state index contributed by atoms with van der Waals surface area (Å²) in [6, 6.07) is 83.1. The van der Waals surface area contributed by atoms with Gasteiger partial charge in [-0.15, -0.1) is 0 Å². The number of benzene rings is 12. The molecule has 0 unspecified atom stereocenters. The van der Waals surface area contributed by atoms with Gasteiger partial charge in [0.05, 0.1) is 22.2 Å². The zero-order valence-electron chi connectivity index (χ0n) is 36.3. The molecule has 14 aromatic rings. The van der Waals surface area contributed by atoms with Gasteiger partial charge in [0, 0.05) is 47.7 Å². The summed E-state index contributed by atoms with van der Waals surface area (Å²) in [4.78, 5) is 3.52. The number of para-hydroxylation sites is 2. The van der Waals surface area contributed by atoms with E-state index in [-0.39, 0.29) is 7.43 Å². The van der Waals surface area contributed by atoms with Crippen LogP contribution in [-0.4, -0.2) is 9.55 Å². The topological polar surface area (TPSA) is 20.7 Å². The first-order chi connectivity index (χ1) is 33.2. The van der Waals surface area contributed by atoms with Gasteiger partial charge in [-0.1, -0.05) is 230 Å². The zero-order chi connectivity index (χ0) is 44.2. The Morgan fingerprint density at radius 2 is 0.779 bits per heavy atom. The average molecular weight is 932 g/mol. The van der Waals surface area contributed by atoms with E-state index < -0.39 is 0 Å². The summed E-state index contributed by atoms with van der Waals surface area (Å²) in [6.07, 6.45) is 0.